The monoisotopic (exact) mass is 401 g/mol. The molecule has 1 aliphatic heterocycles. The zero-order valence-corrected chi connectivity index (χ0v) is 17.2. The first kappa shape index (κ1) is 21.2. The molecule has 2 rings (SSSR count). The quantitative estimate of drug-likeness (QED) is 0.735. The number of sulfonamides is 1. The lowest BCUT2D eigenvalue weighted by Crippen LogP contribution is -2.46. The summed E-state index contributed by atoms with van der Waals surface area (Å²) in [4.78, 5) is 14.6. The maximum Gasteiger partial charge on any atom is 0.238 e. The first-order chi connectivity index (χ1) is 12.2. The minimum absolute atomic E-state index is 0.0457. The van der Waals surface area contributed by atoms with Crippen molar-refractivity contribution in [3.63, 3.8) is 0 Å². The van der Waals surface area contributed by atoms with E-state index < -0.39 is 10.0 Å². The smallest absolute Gasteiger partial charge is 0.238 e. The average Bonchev–Trinajstić information content (AvgIpc) is 2.56. The van der Waals surface area contributed by atoms with Gasteiger partial charge >= 0.3 is 0 Å². The highest BCUT2D eigenvalue weighted by Crippen LogP contribution is 2.29. The van der Waals surface area contributed by atoms with Gasteiger partial charge in [-0.15, -0.1) is 0 Å². The fraction of sp³-hybridized carbons (Fsp3) is 0.611. The largest absolute Gasteiger partial charge is 0.324 e. The number of carbonyl (C=O) groups excluding carboxylic acids is 1. The van der Waals surface area contributed by atoms with E-state index in [4.69, 9.17) is 11.6 Å². The lowest BCUT2D eigenvalue weighted by atomic mass is 10.0. The van der Waals surface area contributed by atoms with Crippen molar-refractivity contribution in [2.45, 2.75) is 45.6 Å². The molecule has 1 saturated heterocycles. The van der Waals surface area contributed by atoms with Crippen LogP contribution in [0, 0.1) is 0 Å². The molecule has 0 spiro atoms. The summed E-state index contributed by atoms with van der Waals surface area (Å²) in [7, 11) is -3.18. The predicted octanol–water partition coefficient (Wildman–Crippen LogP) is 2.42. The second kappa shape index (κ2) is 9.17. The number of hydrogen-bond acceptors (Lipinski definition) is 4. The third-order valence-electron chi connectivity index (χ3n) is 4.68. The number of aryl methyl sites for hydroxylation is 1. The highest BCUT2D eigenvalue weighted by molar-refractivity contribution is 7.88. The topological polar surface area (TPSA) is 78.5 Å². The molecule has 1 aromatic carbocycles. The summed E-state index contributed by atoms with van der Waals surface area (Å²) < 4.78 is 25.3. The van der Waals surface area contributed by atoms with Crippen molar-refractivity contribution >= 4 is 33.2 Å². The van der Waals surface area contributed by atoms with Crippen LogP contribution in [0.5, 0.6) is 0 Å². The summed E-state index contributed by atoms with van der Waals surface area (Å²) in [6.07, 6.45) is 4.16. The summed E-state index contributed by atoms with van der Waals surface area (Å²) in [5.41, 5.74) is 2.88. The summed E-state index contributed by atoms with van der Waals surface area (Å²) in [6.45, 7) is 5.76. The number of rotatable bonds is 7. The van der Waals surface area contributed by atoms with E-state index in [2.05, 4.69) is 21.9 Å². The molecule has 0 saturated carbocycles. The molecule has 1 heterocycles. The molecular formula is C18H28ClN3O3S. The molecule has 0 aliphatic carbocycles. The van der Waals surface area contributed by atoms with Crippen molar-refractivity contribution in [3.8, 4) is 0 Å². The number of carbonyl (C=O) groups is 1. The Morgan fingerprint density at radius 3 is 2.42 bits per heavy atom. The minimum atomic E-state index is -3.18. The molecule has 1 aliphatic rings. The first-order valence-electron chi connectivity index (χ1n) is 9.03. The summed E-state index contributed by atoms with van der Waals surface area (Å²) >= 11 is 6.28. The van der Waals surface area contributed by atoms with Gasteiger partial charge in [-0.25, -0.2) is 13.1 Å². The molecule has 0 unspecified atom stereocenters. The molecule has 1 amide bonds. The van der Waals surface area contributed by atoms with Gasteiger partial charge in [0.05, 0.1) is 12.8 Å². The maximum absolute atomic E-state index is 12.5. The Morgan fingerprint density at radius 1 is 1.23 bits per heavy atom. The van der Waals surface area contributed by atoms with Gasteiger partial charge in [-0.05, 0) is 42.9 Å². The number of hydrogen-bond donors (Lipinski definition) is 2. The van der Waals surface area contributed by atoms with Crippen LogP contribution in [0.3, 0.4) is 0 Å². The highest BCUT2D eigenvalue weighted by atomic mass is 35.5. The number of anilines is 1. The third kappa shape index (κ3) is 5.94. The molecule has 0 bridgehead atoms. The Kier molecular flexibility index (Phi) is 7.46. The number of nitrogens with zero attached hydrogens (tertiary/aromatic N) is 1. The Labute approximate surface area is 161 Å². The number of nitrogens with one attached hydrogen (secondary N) is 2. The van der Waals surface area contributed by atoms with Crippen LogP contribution in [0.25, 0.3) is 0 Å². The minimum Gasteiger partial charge on any atom is -0.324 e. The van der Waals surface area contributed by atoms with Gasteiger partial charge in [-0.1, -0.05) is 31.5 Å². The van der Waals surface area contributed by atoms with Gasteiger partial charge in [0, 0.05) is 29.8 Å². The van der Waals surface area contributed by atoms with Crippen LogP contribution in [0.1, 0.15) is 37.8 Å². The van der Waals surface area contributed by atoms with E-state index in [-0.39, 0.29) is 11.9 Å². The van der Waals surface area contributed by atoms with E-state index in [0.29, 0.717) is 37.5 Å². The van der Waals surface area contributed by atoms with E-state index in [1.807, 2.05) is 19.1 Å². The Hall–Kier alpha value is -1.15. The van der Waals surface area contributed by atoms with Crippen molar-refractivity contribution in [3.05, 3.63) is 28.3 Å². The number of halogens is 1. The van der Waals surface area contributed by atoms with E-state index >= 15 is 0 Å². The van der Waals surface area contributed by atoms with Crippen molar-refractivity contribution in [1.82, 2.24) is 9.62 Å². The normalized spacial score (nSPS) is 16.6. The van der Waals surface area contributed by atoms with Gasteiger partial charge in [0.1, 0.15) is 0 Å². The van der Waals surface area contributed by atoms with Crippen molar-refractivity contribution in [1.29, 1.82) is 0 Å². The Balaban J connectivity index is 1.95. The van der Waals surface area contributed by atoms with Gasteiger partial charge in [-0.3, -0.25) is 9.69 Å². The fourth-order valence-electron chi connectivity index (χ4n) is 3.36. The van der Waals surface area contributed by atoms with Crippen molar-refractivity contribution < 1.29 is 13.2 Å². The number of piperidine rings is 1. The van der Waals surface area contributed by atoms with Gasteiger partial charge in [0.25, 0.3) is 0 Å². The molecule has 8 heteroatoms. The van der Waals surface area contributed by atoms with E-state index in [0.717, 1.165) is 29.7 Å². The van der Waals surface area contributed by atoms with Crippen LogP contribution < -0.4 is 10.0 Å². The SMILES string of the molecule is CCc1ccc(Cl)c(CC)c1NC(=O)CN1CCC(NS(C)(=O)=O)CC1. The standard InChI is InChI=1S/C18H28ClN3O3S/c1-4-13-6-7-16(19)15(5-2)18(13)20-17(23)12-22-10-8-14(9-11-22)21-26(3,24)25/h6-7,14,21H,4-5,8-12H2,1-3H3,(H,20,23). The van der Waals surface area contributed by atoms with Crippen molar-refractivity contribution in [2.75, 3.05) is 31.2 Å². The second-order valence-corrected chi connectivity index (χ2v) is 8.94. The molecule has 26 heavy (non-hydrogen) atoms. The molecule has 0 aromatic heterocycles. The van der Waals surface area contributed by atoms with Gasteiger partial charge in [0.2, 0.25) is 15.9 Å². The van der Waals surface area contributed by atoms with Gasteiger partial charge < -0.3 is 5.32 Å². The molecule has 6 nitrogen and oxygen atoms in total. The van der Waals surface area contributed by atoms with Crippen LogP contribution in [-0.4, -0.2) is 51.2 Å². The second-order valence-electron chi connectivity index (χ2n) is 6.76. The highest BCUT2D eigenvalue weighted by Gasteiger charge is 2.23. The lowest BCUT2D eigenvalue weighted by molar-refractivity contribution is -0.117. The van der Waals surface area contributed by atoms with Crippen LogP contribution >= 0.6 is 11.6 Å². The van der Waals surface area contributed by atoms with E-state index in [9.17, 15) is 13.2 Å². The van der Waals surface area contributed by atoms with Crippen molar-refractivity contribution in [2.24, 2.45) is 0 Å². The van der Waals surface area contributed by atoms with Crippen LogP contribution in [0.15, 0.2) is 12.1 Å². The third-order valence-corrected chi connectivity index (χ3v) is 5.79. The van der Waals surface area contributed by atoms with E-state index in [1.165, 1.54) is 6.26 Å². The van der Waals surface area contributed by atoms with E-state index in [1.54, 1.807) is 0 Å². The zero-order chi connectivity index (χ0) is 19.3. The first-order valence-corrected chi connectivity index (χ1v) is 11.3. The summed E-state index contributed by atoms with van der Waals surface area (Å²) in [6, 6.07) is 3.80. The zero-order valence-electron chi connectivity index (χ0n) is 15.6. The fourth-order valence-corrected chi connectivity index (χ4v) is 4.49. The molecule has 0 radical (unpaired) electrons. The van der Waals surface area contributed by atoms with Gasteiger partial charge in [0.15, 0.2) is 0 Å². The van der Waals surface area contributed by atoms with Crippen LogP contribution in [0.2, 0.25) is 5.02 Å². The number of benzene rings is 1. The summed E-state index contributed by atoms with van der Waals surface area (Å²) in [5, 5.41) is 3.72. The molecule has 2 N–H and O–H groups in total. The number of amides is 1. The maximum atomic E-state index is 12.5. The molecular weight excluding hydrogens is 374 g/mol. The molecule has 1 fully saturated rings. The molecule has 1 aromatic rings. The Bertz CT molecular complexity index is 744. The van der Waals surface area contributed by atoms with Crippen LogP contribution in [0.4, 0.5) is 5.69 Å². The molecule has 0 atom stereocenters. The van der Waals surface area contributed by atoms with Gasteiger partial charge in [-0.2, -0.15) is 0 Å². The summed E-state index contributed by atoms with van der Waals surface area (Å²) in [5.74, 6) is -0.0637. The van der Waals surface area contributed by atoms with Crippen LogP contribution in [-0.2, 0) is 27.7 Å². The molecule has 146 valence electrons. The Morgan fingerprint density at radius 2 is 1.88 bits per heavy atom. The number of likely N-dealkylation sites (tertiary alicyclic amines) is 1. The lowest BCUT2D eigenvalue weighted by Gasteiger charge is -2.31. The average molecular weight is 402 g/mol. The predicted molar refractivity (Wildman–Crippen MR) is 106 cm³/mol.